The monoisotopic (exact) mass is 310 g/mol. The molecule has 1 atom stereocenters. The van der Waals surface area contributed by atoms with Crippen LogP contribution in [0.5, 0.6) is 0 Å². The van der Waals surface area contributed by atoms with Crippen molar-refractivity contribution in [2.45, 2.75) is 25.3 Å². The zero-order valence-electron chi connectivity index (χ0n) is 10.9. The molecule has 1 heterocycles. The summed E-state index contributed by atoms with van der Waals surface area (Å²) in [7, 11) is 0. The molecule has 2 N–H and O–H groups in total. The number of hydrogen-bond donors (Lipinski definition) is 2. The van der Waals surface area contributed by atoms with Gasteiger partial charge in [0.25, 0.3) is 0 Å². The third kappa shape index (κ3) is 4.76. The topological polar surface area (TPSA) is 45.1 Å². The summed E-state index contributed by atoms with van der Waals surface area (Å²) < 4.78 is 0. The zero-order valence-corrected chi connectivity index (χ0v) is 12.4. The van der Waals surface area contributed by atoms with Crippen molar-refractivity contribution in [3.05, 3.63) is 63.9 Å². The van der Waals surface area contributed by atoms with E-state index in [1.807, 2.05) is 30.3 Å². The summed E-state index contributed by atoms with van der Waals surface area (Å²) in [5.74, 6) is 0. The van der Waals surface area contributed by atoms with E-state index in [-0.39, 0.29) is 6.04 Å². The van der Waals surface area contributed by atoms with Gasteiger partial charge in [-0.15, -0.1) is 0 Å². The Kier molecular flexibility index (Phi) is 5.80. The van der Waals surface area contributed by atoms with Crippen LogP contribution < -0.4 is 5.48 Å². The van der Waals surface area contributed by atoms with Gasteiger partial charge in [-0.3, -0.25) is 4.98 Å². The number of nitrogens with one attached hydrogen (secondary N) is 1. The van der Waals surface area contributed by atoms with Crippen molar-refractivity contribution in [1.29, 1.82) is 0 Å². The minimum atomic E-state index is -0.0184. The summed E-state index contributed by atoms with van der Waals surface area (Å²) in [5, 5.41) is 10.6. The highest BCUT2D eigenvalue weighted by Crippen LogP contribution is 2.14. The second-order valence-corrected chi connectivity index (χ2v) is 5.58. The van der Waals surface area contributed by atoms with E-state index in [2.05, 4.69) is 10.5 Å². The molecule has 1 aromatic carbocycles. The molecule has 0 bridgehead atoms. The van der Waals surface area contributed by atoms with E-state index in [0.29, 0.717) is 10.0 Å². The van der Waals surface area contributed by atoms with E-state index in [0.717, 1.165) is 30.4 Å². The summed E-state index contributed by atoms with van der Waals surface area (Å²) in [5.41, 5.74) is 4.56. The summed E-state index contributed by atoms with van der Waals surface area (Å²) in [6, 6.07) is 9.51. The highest BCUT2D eigenvalue weighted by molar-refractivity contribution is 6.30. The van der Waals surface area contributed by atoms with Gasteiger partial charge in [0.15, 0.2) is 0 Å². The molecule has 0 aliphatic heterocycles. The quantitative estimate of drug-likeness (QED) is 0.795. The van der Waals surface area contributed by atoms with Gasteiger partial charge in [-0.05, 0) is 48.6 Å². The van der Waals surface area contributed by atoms with E-state index in [4.69, 9.17) is 23.2 Å². The Bertz CT molecular complexity index is 546. The molecule has 0 spiro atoms. The number of hydroxylamine groups is 1. The van der Waals surface area contributed by atoms with Crippen LogP contribution in [0.1, 0.15) is 17.5 Å². The standard InChI is InChI=1S/C15H16Cl2N2O/c16-13-4-1-11(2-5-13)8-15(19-20)6-3-12-7-14(17)10-18-9-12/h1-2,4-5,7,9-10,15,19-20H,3,6,8H2. The van der Waals surface area contributed by atoms with Crippen molar-refractivity contribution in [1.82, 2.24) is 10.5 Å². The summed E-state index contributed by atoms with van der Waals surface area (Å²) in [4.78, 5) is 4.05. The van der Waals surface area contributed by atoms with Gasteiger partial charge in [-0.25, -0.2) is 5.48 Å². The normalized spacial score (nSPS) is 12.3. The molecular weight excluding hydrogens is 295 g/mol. The highest BCUT2D eigenvalue weighted by Gasteiger charge is 2.09. The predicted molar refractivity (Wildman–Crippen MR) is 81.4 cm³/mol. The lowest BCUT2D eigenvalue weighted by molar-refractivity contribution is 0.121. The van der Waals surface area contributed by atoms with Gasteiger partial charge in [-0.2, -0.15) is 0 Å². The fraction of sp³-hybridized carbons (Fsp3) is 0.267. The van der Waals surface area contributed by atoms with E-state index in [1.165, 1.54) is 0 Å². The highest BCUT2D eigenvalue weighted by atomic mass is 35.5. The first kappa shape index (κ1) is 15.3. The average molecular weight is 311 g/mol. The lowest BCUT2D eigenvalue weighted by atomic mass is 10.0. The van der Waals surface area contributed by atoms with Crippen molar-refractivity contribution in [3.63, 3.8) is 0 Å². The second kappa shape index (κ2) is 7.60. The lowest BCUT2D eigenvalue weighted by Gasteiger charge is -2.15. The Labute approximate surface area is 128 Å². The van der Waals surface area contributed by atoms with Gasteiger partial charge in [0.05, 0.1) is 5.02 Å². The second-order valence-electron chi connectivity index (χ2n) is 4.71. The summed E-state index contributed by atoms with van der Waals surface area (Å²) in [6.45, 7) is 0. The Hall–Kier alpha value is -1.13. The van der Waals surface area contributed by atoms with Crippen molar-refractivity contribution in [2.24, 2.45) is 0 Å². The van der Waals surface area contributed by atoms with Gasteiger partial charge in [0, 0.05) is 23.5 Å². The molecule has 1 unspecified atom stereocenters. The molecule has 0 aliphatic carbocycles. The Morgan fingerprint density at radius 1 is 1.05 bits per heavy atom. The van der Waals surface area contributed by atoms with Crippen molar-refractivity contribution < 1.29 is 5.21 Å². The van der Waals surface area contributed by atoms with Crippen LogP contribution in [0.15, 0.2) is 42.7 Å². The van der Waals surface area contributed by atoms with Crippen LogP contribution in [0.3, 0.4) is 0 Å². The number of aromatic nitrogens is 1. The van der Waals surface area contributed by atoms with Gasteiger partial charge < -0.3 is 5.21 Å². The summed E-state index contributed by atoms with van der Waals surface area (Å²) >= 11 is 11.8. The third-order valence-corrected chi connectivity index (χ3v) is 3.58. The van der Waals surface area contributed by atoms with Gasteiger partial charge >= 0.3 is 0 Å². The molecule has 2 rings (SSSR count). The van der Waals surface area contributed by atoms with Crippen LogP contribution in [-0.2, 0) is 12.8 Å². The van der Waals surface area contributed by atoms with Gasteiger partial charge in [-0.1, -0.05) is 35.3 Å². The molecule has 0 saturated carbocycles. The molecular formula is C15H16Cl2N2O. The molecule has 1 aromatic heterocycles. The number of halogens is 2. The van der Waals surface area contributed by atoms with E-state index < -0.39 is 0 Å². The Balaban J connectivity index is 1.90. The molecule has 0 fully saturated rings. The van der Waals surface area contributed by atoms with Crippen molar-refractivity contribution in [3.8, 4) is 0 Å². The first-order valence-electron chi connectivity index (χ1n) is 6.41. The van der Waals surface area contributed by atoms with Crippen LogP contribution in [-0.4, -0.2) is 16.2 Å². The number of benzene rings is 1. The molecule has 0 saturated heterocycles. The number of nitrogens with zero attached hydrogens (tertiary/aromatic N) is 1. The van der Waals surface area contributed by atoms with E-state index in [9.17, 15) is 5.21 Å². The minimum Gasteiger partial charge on any atom is -0.317 e. The lowest BCUT2D eigenvalue weighted by Crippen LogP contribution is -2.28. The Morgan fingerprint density at radius 3 is 2.45 bits per heavy atom. The predicted octanol–water partition coefficient (Wildman–Crippen LogP) is 3.91. The average Bonchev–Trinajstić information content (AvgIpc) is 2.45. The SMILES string of the molecule is ONC(CCc1cncc(Cl)c1)Cc1ccc(Cl)cc1. The molecule has 2 aromatic rings. The van der Waals surface area contributed by atoms with Crippen LogP contribution in [0.4, 0.5) is 0 Å². The largest absolute Gasteiger partial charge is 0.317 e. The van der Waals surface area contributed by atoms with Gasteiger partial charge in [0.1, 0.15) is 0 Å². The molecule has 3 nitrogen and oxygen atoms in total. The van der Waals surface area contributed by atoms with E-state index >= 15 is 0 Å². The third-order valence-electron chi connectivity index (χ3n) is 3.12. The van der Waals surface area contributed by atoms with Crippen LogP contribution in [0, 0.1) is 0 Å². The zero-order chi connectivity index (χ0) is 14.4. The maximum absolute atomic E-state index is 9.26. The first-order chi connectivity index (χ1) is 9.67. The summed E-state index contributed by atoms with van der Waals surface area (Å²) in [6.07, 6.45) is 5.74. The van der Waals surface area contributed by atoms with Crippen molar-refractivity contribution >= 4 is 23.2 Å². The minimum absolute atomic E-state index is 0.0184. The molecule has 5 heteroatoms. The smallest absolute Gasteiger partial charge is 0.0592 e. The van der Waals surface area contributed by atoms with Crippen LogP contribution in [0.2, 0.25) is 10.0 Å². The molecule has 20 heavy (non-hydrogen) atoms. The maximum atomic E-state index is 9.26. The van der Waals surface area contributed by atoms with Crippen LogP contribution in [0.25, 0.3) is 0 Å². The van der Waals surface area contributed by atoms with Crippen molar-refractivity contribution in [2.75, 3.05) is 0 Å². The number of aryl methyl sites for hydroxylation is 1. The molecule has 106 valence electrons. The first-order valence-corrected chi connectivity index (χ1v) is 7.16. The number of hydrogen-bond acceptors (Lipinski definition) is 3. The van der Waals surface area contributed by atoms with E-state index in [1.54, 1.807) is 12.4 Å². The fourth-order valence-electron chi connectivity index (χ4n) is 2.05. The van der Waals surface area contributed by atoms with Gasteiger partial charge in [0.2, 0.25) is 0 Å². The maximum Gasteiger partial charge on any atom is 0.0592 e. The molecule has 0 amide bonds. The Morgan fingerprint density at radius 2 is 1.80 bits per heavy atom. The van der Waals surface area contributed by atoms with Crippen LogP contribution >= 0.6 is 23.2 Å². The molecule has 0 aliphatic rings. The number of rotatable bonds is 6. The molecule has 0 radical (unpaired) electrons. The fourth-order valence-corrected chi connectivity index (χ4v) is 2.37. The number of pyridine rings is 1.